The predicted octanol–water partition coefficient (Wildman–Crippen LogP) is 3.42. The van der Waals surface area contributed by atoms with Crippen LogP contribution in [0.15, 0.2) is 35.5 Å². The number of ether oxygens (including phenoxy) is 1. The summed E-state index contributed by atoms with van der Waals surface area (Å²) in [6, 6.07) is 7.22. The Bertz CT molecular complexity index is 1060. The van der Waals surface area contributed by atoms with Crippen LogP contribution in [-0.2, 0) is 11.3 Å². The summed E-state index contributed by atoms with van der Waals surface area (Å²) in [4.78, 5) is 29.3. The zero-order valence-electron chi connectivity index (χ0n) is 15.8. The van der Waals surface area contributed by atoms with Gasteiger partial charge >= 0.3 is 5.97 Å². The number of carbonyl (C=O) groups is 2. The van der Waals surface area contributed by atoms with Crippen molar-refractivity contribution in [3.8, 4) is 0 Å². The third-order valence-corrected chi connectivity index (χ3v) is 5.10. The standard InChI is InChI=1S/C19H22N4O3S/c1-5-22-15-8-7-13(18(25)26-6-2)11-16(15)27-19(22)20-17(24)14-9-10-23(21-14)12(3)4/h7-12H,5-6H2,1-4H3. The Hall–Kier alpha value is -2.74. The lowest BCUT2D eigenvalue weighted by Crippen LogP contribution is -2.16. The van der Waals surface area contributed by atoms with E-state index >= 15 is 0 Å². The highest BCUT2D eigenvalue weighted by atomic mass is 32.1. The molecule has 0 unspecified atom stereocenters. The molecular weight excluding hydrogens is 364 g/mol. The van der Waals surface area contributed by atoms with Crippen LogP contribution in [0.1, 0.15) is 54.6 Å². The number of hydrogen-bond acceptors (Lipinski definition) is 5. The molecule has 0 N–H and O–H groups in total. The molecule has 0 fully saturated rings. The summed E-state index contributed by atoms with van der Waals surface area (Å²) < 4.78 is 9.61. The van der Waals surface area contributed by atoms with E-state index in [9.17, 15) is 9.59 Å². The van der Waals surface area contributed by atoms with Crippen molar-refractivity contribution < 1.29 is 14.3 Å². The Balaban J connectivity index is 2.03. The molecule has 1 aromatic carbocycles. The highest BCUT2D eigenvalue weighted by Crippen LogP contribution is 2.20. The normalized spacial score (nSPS) is 12.1. The molecule has 0 radical (unpaired) electrons. The van der Waals surface area contributed by atoms with Gasteiger partial charge in [0.25, 0.3) is 5.91 Å². The van der Waals surface area contributed by atoms with Gasteiger partial charge in [-0.3, -0.25) is 9.48 Å². The second-order valence-corrected chi connectivity index (χ2v) is 7.23. The molecule has 2 aromatic heterocycles. The maximum atomic E-state index is 12.5. The molecule has 2 heterocycles. The minimum absolute atomic E-state index is 0.178. The molecule has 1 amide bonds. The van der Waals surface area contributed by atoms with E-state index in [0.29, 0.717) is 29.2 Å². The summed E-state index contributed by atoms with van der Waals surface area (Å²) in [5.74, 6) is -0.738. The van der Waals surface area contributed by atoms with Crippen LogP contribution in [0.4, 0.5) is 0 Å². The molecule has 8 heteroatoms. The van der Waals surface area contributed by atoms with Gasteiger partial charge in [-0.25, -0.2) is 4.79 Å². The lowest BCUT2D eigenvalue weighted by molar-refractivity contribution is 0.0526. The van der Waals surface area contributed by atoms with E-state index in [-0.39, 0.29) is 17.9 Å². The fourth-order valence-electron chi connectivity index (χ4n) is 2.69. The largest absolute Gasteiger partial charge is 0.462 e. The van der Waals surface area contributed by atoms with Crippen LogP contribution in [0.25, 0.3) is 10.2 Å². The molecule has 0 aliphatic heterocycles. The third-order valence-electron chi connectivity index (χ3n) is 4.06. The Morgan fingerprint density at radius 1 is 1.26 bits per heavy atom. The maximum absolute atomic E-state index is 12.5. The van der Waals surface area contributed by atoms with Gasteiger partial charge in [0.05, 0.1) is 22.4 Å². The number of aromatic nitrogens is 3. The van der Waals surface area contributed by atoms with Crippen LogP contribution in [0, 0.1) is 0 Å². The van der Waals surface area contributed by atoms with Gasteiger partial charge in [0.2, 0.25) is 0 Å². The Labute approximate surface area is 160 Å². The van der Waals surface area contributed by atoms with Gasteiger partial charge in [0.15, 0.2) is 10.5 Å². The summed E-state index contributed by atoms with van der Waals surface area (Å²) in [7, 11) is 0. The van der Waals surface area contributed by atoms with Crippen LogP contribution >= 0.6 is 11.3 Å². The zero-order chi connectivity index (χ0) is 19.6. The second kappa shape index (κ2) is 7.87. The quantitative estimate of drug-likeness (QED) is 0.630. The highest BCUT2D eigenvalue weighted by molar-refractivity contribution is 7.16. The van der Waals surface area contributed by atoms with E-state index in [2.05, 4.69) is 10.1 Å². The fraction of sp³-hybridized carbons (Fsp3) is 0.368. The lowest BCUT2D eigenvalue weighted by Gasteiger charge is -2.03. The number of amides is 1. The number of rotatable bonds is 5. The Kier molecular flexibility index (Phi) is 5.55. The van der Waals surface area contributed by atoms with Crippen molar-refractivity contribution in [1.82, 2.24) is 14.3 Å². The predicted molar refractivity (Wildman–Crippen MR) is 104 cm³/mol. The maximum Gasteiger partial charge on any atom is 0.338 e. The number of aryl methyl sites for hydroxylation is 1. The molecule has 142 valence electrons. The SMILES string of the molecule is CCOC(=O)c1ccc2c(c1)sc(=NC(=O)c1ccn(C(C)C)n1)n2CC. The molecule has 0 aliphatic carbocycles. The lowest BCUT2D eigenvalue weighted by atomic mass is 10.2. The molecule has 3 aromatic rings. The van der Waals surface area contributed by atoms with Crippen molar-refractivity contribution in [1.29, 1.82) is 0 Å². The van der Waals surface area contributed by atoms with Gasteiger partial charge in [-0.2, -0.15) is 10.1 Å². The van der Waals surface area contributed by atoms with Crippen LogP contribution in [-0.4, -0.2) is 32.8 Å². The summed E-state index contributed by atoms with van der Waals surface area (Å²) >= 11 is 1.37. The molecule has 27 heavy (non-hydrogen) atoms. The summed E-state index contributed by atoms with van der Waals surface area (Å²) in [6.45, 7) is 8.74. The molecule has 0 spiro atoms. The Morgan fingerprint density at radius 3 is 2.67 bits per heavy atom. The van der Waals surface area contributed by atoms with Gasteiger partial charge in [-0.1, -0.05) is 11.3 Å². The number of thiazole rings is 1. The molecule has 7 nitrogen and oxygen atoms in total. The zero-order valence-corrected chi connectivity index (χ0v) is 16.6. The number of carbonyl (C=O) groups excluding carboxylic acids is 2. The molecular formula is C19H22N4O3S. The average molecular weight is 386 g/mol. The van der Waals surface area contributed by atoms with E-state index in [1.807, 2.05) is 31.4 Å². The van der Waals surface area contributed by atoms with Crippen LogP contribution in [0.3, 0.4) is 0 Å². The molecule has 0 atom stereocenters. The monoisotopic (exact) mass is 386 g/mol. The highest BCUT2D eigenvalue weighted by Gasteiger charge is 2.14. The number of esters is 1. The van der Waals surface area contributed by atoms with Crippen molar-refractivity contribution in [2.75, 3.05) is 6.61 Å². The minimum Gasteiger partial charge on any atom is -0.462 e. The van der Waals surface area contributed by atoms with Crippen molar-refractivity contribution in [2.45, 2.75) is 40.3 Å². The summed E-state index contributed by atoms with van der Waals surface area (Å²) in [6.07, 6.45) is 1.78. The molecule has 0 saturated carbocycles. The molecule has 0 bridgehead atoms. The van der Waals surface area contributed by atoms with Crippen molar-refractivity contribution >= 4 is 33.4 Å². The molecule has 0 saturated heterocycles. The molecule has 0 aliphatic rings. The summed E-state index contributed by atoms with van der Waals surface area (Å²) in [5, 5.41) is 4.28. The fourth-order valence-corrected chi connectivity index (χ4v) is 3.82. The first-order valence-electron chi connectivity index (χ1n) is 8.89. The van der Waals surface area contributed by atoms with Crippen LogP contribution in [0.5, 0.6) is 0 Å². The average Bonchev–Trinajstić information content (AvgIpc) is 3.26. The number of benzene rings is 1. The van der Waals surface area contributed by atoms with Crippen LogP contribution in [0.2, 0.25) is 0 Å². The van der Waals surface area contributed by atoms with Gasteiger partial charge in [-0.15, -0.1) is 0 Å². The smallest absolute Gasteiger partial charge is 0.338 e. The number of hydrogen-bond donors (Lipinski definition) is 0. The Morgan fingerprint density at radius 2 is 2.04 bits per heavy atom. The van der Waals surface area contributed by atoms with Gasteiger partial charge in [0.1, 0.15) is 0 Å². The second-order valence-electron chi connectivity index (χ2n) is 6.22. The van der Waals surface area contributed by atoms with Gasteiger partial charge in [-0.05, 0) is 52.0 Å². The van der Waals surface area contributed by atoms with E-state index in [4.69, 9.17) is 4.74 Å². The van der Waals surface area contributed by atoms with E-state index < -0.39 is 0 Å². The van der Waals surface area contributed by atoms with E-state index in [1.54, 1.807) is 36.0 Å². The van der Waals surface area contributed by atoms with Crippen molar-refractivity contribution in [3.63, 3.8) is 0 Å². The topological polar surface area (TPSA) is 78.5 Å². The van der Waals surface area contributed by atoms with Gasteiger partial charge < -0.3 is 9.30 Å². The van der Waals surface area contributed by atoms with Gasteiger partial charge in [0, 0.05) is 18.8 Å². The van der Waals surface area contributed by atoms with Crippen molar-refractivity contribution in [3.05, 3.63) is 46.5 Å². The first-order chi connectivity index (χ1) is 12.9. The first-order valence-corrected chi connectivity index (χ1v) is 9.71. The first kappa shape index (κ1) is 19.0. The van der Waals surface area contributed by atoms with E-state index in [0.717, 1.165) is 10.2 Å². The van der Waals surface area contributed by atoms with E-state index in [1.165, 1.54) is 11.3 Å². The number of fused-ring (bicyclic) bond motifs is 1. The third kappa shape index (κ3) is 3.85. The number of nitrogens with zero attached hydrogens (tertiary/aromatic N) is 4. The van der Waals surface area contributed by atoms with Crippen molar-refractivity contribution in [2.24, 2.45) is 4.99 Å². The minimum atomic E-state index is -0.381. The van der Waals surface area contributed by atoms with Crippen LogP contribution < -0.4 is 4.80 Å². The summed E-state index contributed by atoms with van der Waals surface area (Å²) in [5.41, 5.74) is 1.73. The molecule has 3 rings (SSSR count).